The van der Waals surface area contributed by atoms with E-state index in [4.69, 9.17) is 35.4 Å². The first kappa shape index (κ1) is 17.2. The van der Waals surface area contributed by atoms with Crippen molar-refractivity contribution in [2.75, 3.05) is 5.32 Å². The summed E-state index contributed by atoms with van der Waals surface area (Å²) in [7, 11) is 0. The highest BCUT2D eigenvalue weighted by atomic mass is 35.5. The van der Waals surface area contributed by atoms with Crippen molar-refractivity contribution in [3.05, 3.63) is 63.0 Å². The Morgan fingerprint density at radius 3 is 2.54 bits per heavy atom. The molecule has 0 atom stereocenters. The van der Waals surface area contributed by atoms with Gasteiger partial charge in [-0.1, -0.05) is 47.0 Å². The molecule has 1 amide bonds. The fraction of sp³-hybridized carbons (Fsp3) is 0.0588. The molecule has 24 heavy (non-hydrogen) atoms. The highest BCUT2D eigenvalue weighted by Gasteiger charge is 2.18. The number of thiocarbonyl (C=S) groups is 1. The zero-order valence-electron chi connectivity index (χ0n) is 12.5. The number of benzene rings is 2. The summed E-state index contributed by atoms with van der Waals surface area (Å²) < 4.78 is 0.857. The van der Waals surface area contributed by atoms with Crippen molar-refractivity contribution in [2.45, 2.75) is 6.92 Å². The Morgan fingerprint density at radius 2 is 1.83 bits per heavy atom. The second-order valence-corrected chi connectivity index (χ2v) is 7.43. The van der Waals surface area contributed by atoms with E-state index in [1.807, 2.05) is 31.2 Å². The van der Waals surface area contributed by atoms with E-state index in [1.54, 1.807) is 18.2 Å². The number of hydrogen-bond donors (Lipinski definition) is 2. The zero-order chi connectivity index (χ0) is 17.3. The minimum Gasteiger partial charge on any atom is -0.332 e. The number of carbonyl (C=O) groups is 1. The molecule has 1 heterocycles. The Balaban J connectivity index is 1.76. The van der Waals surface area contributed by atoms with E-state index in [0.29, 0.717) is 14.9 Å². The molecule has 3 nitrogen and oxygen atoms in total. The van der Waals surface area contributed by atoms with Gasteiger partial charge in [0.05, 0.1) is 5.02 Å². The van der Waals surface area contributed by atoms with Crippen molar-refractivity contribution in [3.63, 3.8) is 0 Å². The van der Waals surface area contributed by atoms with E-state index in [1.165, 1.54) is 11.3 Å². The number of thiophene rings is 1. The number of fused-ring (bicyclic) bond motifs is 1. The molecule has 0 bridgehead atoms. The smallest absolute Gasteiger partial charge is 0.269 e. The summed E-state index contributed by atoms with van der Waals surface area (Å²) in [5.41, 5.74) is 1.95. The SMILES string of the molecule is Cc1ccc(NC(=S)NC(=O)c2sc3cc(Cl)ccc3c2Cl)cc1. The maximum Gasteiger partial charge on any atom is 0.269 e. The molecule has 0 fully saturated rings. The van der Waals surface area contributed by atoms with Gasteiger partial charge in [0.1, 0.15) is 4.88 Å². The van der Waals surface area contributed by atoms with Crippen LogP contribution in [0.15, 0.2) is 42.5 Å². The van der Waals surface area contributed by atoms with Crippen molar-refractivity contribution in [1.82, 2.24) is 5.32 Å². The first-order chi connectivity index (χ1) is 11.4. The van der Waals surface area contributed by atoms with E-state index in [2.05, 4.69) is 10.6 Å². The van der Waals surface area contributed by atoms with Gasteiger partial charge in [0.15, 0.2) is 5.11 Å². The summed E-state index contributed by atoms with van der Waals surface area (Å²) in [6.07, 6.45) is 0. The third kappa shape index (κ3) is 3.70. The lowest BCUT2D eigenvalue weighted by atomic mass is 10.2. The van der Waals surface area contributed by atoms with Gasteiger partial charge in [-0.05, 0) is 43.4 Å². The van der Waals surface area contributed by atoms with Gasteiger partial charge >= 0.3 is 0 Å². The van der Waals surface area contributed by atoms with Crippen LogP contribution in [0.2, 0.25) is 10.0 Å². The first-order valence-corrected chi connectivity index (χ1v) is 8.98. The van der Waals surface area contributed by atoms with Crippen molar-refractivity contribution in [3.8, 4) is 0 Å². The third-order valence-corrected chi connectivity index (χ3v) is 5.43. The molecular weight excluding hydrogens is 383 g/mol. The number of aryl methyl sites for hydroxylation is 1. The van der Waals surface area contributed by atoms with Crippen LogP contribution in [0, 0.1) is 6.92 Å². The van der Waals surface area contributed by atoms with Gasteiger partial charge in [0, 0.05) is 20.8 Å². The second-order valence-electron chi connectivity index (χ2n) is 5.16. The average molecular weight is 395 g/mol. The van der Waals surface area contributed by atoms with E-state index in [0.717, 1.165) is 21.3 Å². The number of rotatable bonds is 2. The number of carbonyl (C=O) groups excluding carboxylic acids is 1. The number of amides is 1. The molecule has 2 aromatic carbocycles. The Morgan fingerprint density at radius 1 is 1.12 bits per heavy atom. The van der Waals surface area contributed by atoms with Crippen LogP contribution >= 0.6 is 46.8 Å². The third-order valence-electron chi connectivity index (χ3n) is 3.33. The minimum absolute atomic E-state index is 0.218. The molecular formula is C17H12Cl2N2OS2. The lowest BCUT2D eigenvalue weighted by molar-refractivity contribution is 0.0982. The number of anilines is 1. The van der Waals surface area contributed by atoms with Crippen LogP contribution in [0.4, 0.5) is 5.69 Å². The maximum absolute atomic E-state index is 12.4. The molecule has 0 aliphatic carbocycles. The van der Waals surface area contributed by atoms with Crippen LogP contribution < -0.4 is 10.6 Å². The molecule has 0 saturated heterocycles. The summed E-state index contributed by atoms with van der Waals surface area (Å²) >= 11 is 18.8. The molecule has 0 radical (unpaired) electrons. The molecule has 7 heteroatoms. The van der Waals surface area contributed by atoms with Crippen LogP contribution in [0.3, 0.4) is 0 Å². The lowest BCUT2D eigenvalue weighted by Gasteiger charge is -2.09. The van der Waals surface area contributed by atoms with Gasteiger partial charge in [-0.25, -0.2) is 0 Å². The molecule has 0 spiro atoms. The molecule has 0 aliphatic rings. The molecule has 1 aromatic heterocycles. The molecule has 0 aliphatic heterocycles. The van der Waals surface area contributed by atoms with E-state index >= 15 is 0 Å². The minimum atomic E-state index is -0.345. The highest BCUT2D eigenvalue weighted by Crippen LogP contribution is 2.36. The molecule has 3 aromatic rings. The van der Waals surface area contributed by atoms with Gasteiger partial charge in [-0.15, -0.1) is 11.3 Å². The topological polar surface area (TPSA) is 41.1 Å². The van der Waals surface area contributed by atoms with Crippen LogP contribution in [-0.2, 0) is 0 Å². The fourth-order valence-electron chi connectivity index (χ4n) is 2.14. The normalized spacial score (nSPS) is 10.6. The average Bonchev–Trinajstić information content (AvgIpc) is 2.86. The van der Waals surface area contributed by atoms with Crippen LogP contribution in [0.5, 0.6) is 0 Å². The summed E-state index contributed by atoms with van der Waals surface area (Å²) in [4.78, 5) is 12.8. The Hall–Kier alpha value is -1.66. The Kier molecular flexibility index (Phi) is 5.06. The van der Waals surface area contributed by atoms with Gasteiger partial charge in [-0.2, -0.15) is 0 Å². The van der Waals surface area contributed by atoms with Crippen molar-refractivity contribution in [1.29, 1.82) is 0 Å². The Labute approximate surface area is 158 Å². The number of nitrogens with one attached hydrogen (secondary N) is 2. The summed E-state index contributed by atoms with van der Waals surface area (Å²) in [5.74, 6) is -0.345. The largest absolute Gasteiger partial charge is 0.332 e. The monoisotopic (exact) mass is 394 g/mol. The van der Waals surface area contributed by atoms with Gasteiger partial charge in [0.25, 0.3) is 5.91 Å². The van der Waals surface area contributed by atoms with E-state index in [9.17, 15) is 4.79 Å². The van der Waals surface area contributed by atoms with Crippen LogP contribution in [0.1, 0.15) is 15.2 Å². The van der Waals surface area contributed by atoms with Gasteiger partial charge in [-0.3, -0.25) is 10.1 Å². The van der Waals surface area contributed by atoms with Gasteiger partial charge in [0.2, 0.25) is 0 Å². The molecule has 0 saturated carbocycles. The van der Waals surface area contributed by atoms with E-state index in [-0.39, 0.29) is 11.0 Å². The Bertz CT molecular complexity index is 936. The van der Waals surface area contributed by atoms with Gasteiger partial charge < -0.3 is 5.32 Å². The van der Waals surface area contributed by atoms with Crippen molar-refractivity contribution in [2.24, 2.45) is 0 Å². The standard InChI is InChI=1S/C17H12Cl2N2OS2/c1-9-2-5-11(6-3-9)20-17(23)21-16(22)15-14(19)12-7-4-10(18)8-13(12)24-15/h2-8H,1H3,(H2,20,21,22,23). The highest BCUT2D eigenvalue weighted by molar-refractivity contribution is 7.80. The summed E-state index contributed by atoms with van der Waals surface area (Å²) in [6, 6.07) is 13.0. The quantitative estimate of drug-likeness (QED) is 0.552. The lowest BCUT2D eigenvalue weighted by Crippen LogP contribution is -2.33. The van der Waals surface area contributed by atoms with Crippen LogP contribution in [-0.4, -0.2) is 11.0 Å². The number of halogens is 2. The summed E-state index contributed by atoms with van der Waals surface area (Å²) in [5, 5.41) is 7.65. The van der Waals surface area contributed by atoms with Crippen molar-refractivity contribution >= 4 is 73.5 Å². The molecule has 0 unspecified atom stereocenters. The molecule has 3 rings (SSSR count). The number of hydrogen-bond acceptors (Lipinski definition) is 3. The van der Waals surface area contributed by atoms with Crippen LogP contribution in [0.25, 0.3) is 10.1 Å². The predicted molar refractivity (Wildman–Crippen MR) is 107 cm³/mol. The predicted octanol–water partition coefficient (Wildman–Crippen LogP) is 5.64. The summed E-state index contributed by atoms with van der Waals surface area (Å²) in [6.45, 7) is 2.00. The second kappa shape index (κ2) is 7.07. The zero-order valence-corrected chi connectivity index (χ0v) is 15.7. The first-order valence-electron chi connectivity index (χ1n) is 7.00. The fourth-order valence-corrected chi connectivity index (χ4v) is 4.04. The molecule has 2 N–H and O–H groups in total. The maximum atomic E-state index is 12.4. The van der Waals surface area contributed by atoms with E-state index < -0.39 is 0 Å². The van der Waals surface area contributed by atoms with Crippen molar-refractivity contribution < 1.29 is 4.79 Å². The molecule has 122 valence electrons.